The zero-order chi connectivity index (χ0) is 23.0. The number of amides is 2. The molecule has 0 heterocycles. The molecule has 0 spiro atoms. The first kappa shape index (κ1) is 25.0. The van der Waals surface area contributed by atoms with Crippen molar-refractivity contribution < 1.29 is 9.59 Å². The van der Waals surface area contributed by atoms with Crippen LogP contribution in [0.25, 0.3) is 0 Å². The van der Waals surface area contributed by atoms with Crippen LogP contribution in [0.2, 0.25) is 0 Å². The highest BCUT2D eigenvalue weighted by atomic mass is 32.2. The Kier molecular flexibility index (Phi) is 9.17. The highest BCUT2D eigenvalue weighted by Gasteiger charge is 2.30. The normalized spacial score (nSPS) is 12.3. The second-order valence-electron chi connectivity index (χ2n) is 9.15. The van der Waals surface area contributed by atoms with Crippen molar-refractivity contribution in [3.8, 4) is 0 Å². The smallest absolute Gasteiger partial charge is 0.243 e. The number of hydrogen-bond donors (Lipinski definition) is 1. The Morgan fingerprint density at radius 2 is 1.45 bits per heavy atom. The van der Waals surface area contributed by atoms with Crippen LogP contribution >= 0.6 is 11.8 Å². The van der Waals surface area contributed by atoms with Gasteiger partial charge in [0.15, 0.2) is 0 Å². The Labute approximate surface area is 191 Å². The fraction of sp³-hybridized carbons (Fsp3) is 0.462. The van der Waals surface area contributed by atoms with Gasteiger partial charge in [-0.1, -0.05) is 66.6 Å². The number of aryl methyl sites for hydroxylation is 2. The van der Waals surface area contributed by atoms with Crippen LogP contribution in [0.1, 0.15) is 56.4 Å². The Hall–Kier alpha value is -2.27. The molecule has 168 valence electrons. The molecule has 2 amide bonds. The van der Waals surface area contributed by atoms with Gasteiger partial charge < -0.3 is 10.2 Å². The summed E-state index contributed by atoms with van der Waals surface area (Å²) in [6.07, 6.45) is 0.572. The summed E-state index contributed by atoms with van der Waals surface area (Å²) in [6, 6.07) is 16.0. The number of carbonyl (C=O) groups is 2. The van der Waals surface area contributed by atoms with Crippen molar-refractivity contribution in [2.75, 3.05) is 5.75 Å². The molecule has 0 aliphatic carbocycles. The SMILES string of the molecule is CC[C@H](C(=O)NC(C)(C)C)N(Cc1ccc(C)cc1)C(=O)CSCc1ccc(C)cc1. The van der Waals surface area contributed by atoms with Crippen molar-refractivity contribution >= 4 is 23.6 Å². The van der Waals surface area contributed by atoms with E-state index in [9.17, 15) is 9.59 Å². The van der Waals surface area contributed by atoms with Gasteiger partial charge in [-0.05, 0) is 52.2 Å². The zero-order valence-corrected chi connectivity index (χ0v) is 20.5. The van der Waals surface area contributed by atoms with Crippen molar-refractivity contribution in [3.05, 3.63) is 70.8 Å². The Morgan fingerprint density at radius 1 is 0.935 bits per heavy atom. The molecular formula is C26H36N2O2S. The number of rotatable bonds is 9. The largest absolute Gasteiger partial charge is 0.350 e. The summed E-state index contributed by atoms with van der Waals surface area (Å²) in [4.78, 5) is 28.0. The molecule has 1 N–H and O–H groups in total. The van der Waals surface area contributed by atoms with Crippen molar-refractivity contribution in [2.24, 2.45) is 0 Å². The highest BCUT2D eigenvalue weighted by Crippen LogP contribution is 2.18. The first-order chi connectivity index (χ1) is 14.6. The number of nitrogens with one attached hydrogen (secondary N) is 1. The van der Waals surface area contributed by atoms with Crippen molar-refractivity contribution in [2.45, 2.75) is 71.8 Å². The molecule has 0 saturated carbocycles. The molecule has 0 saturated heterocycles. The summed E-state index contributed by atoms with van der Waals surface area (Å²) >= 11 is 1.59. The lowest BCUT2D eigenvalue weighted by atomic mass is 10.1. The summed E-state index contributed by atoms with van der Waals surface area (Å²) in [6.45, 7) is 12.4. The summed E-state index contributed by atoms with van der Waals surface area (Å²) in [5, 5.41) is 3.05. The molecule has 0 aromatic heterocycles. The highest BCUT2D eigenvalue weighted by molar-refractivity contribution is 7.99. The summed E-state index contributed by atoms with van der Waals surface area (Å²) in [5.41, 5.74) is 4.29. The van der Waals surface area contributed by atoms with Gasteiger partial charge in [0.05, 0.1) is 5.75 Å². The molecule has 1 atom stereocenters. The van der Waals surface area contributed by atoms with Gasteiger partial charge in [0.25, 0.3) is 0 Å². The topological polar surface area (TPSA) is 49.4 Å². The molecule has 2 aromatic rings. The minimum Gasteiger partial charge on any atom is -0.350 e. The van der Waals surface area contributed by atoms with E-state index in [1.54, 1.807) is 16.7 Å². The van der Waals surface area contributed by atoms with Gasteiger partial charge in [0, 0.05) is 17.8 Å². The maximum Gasteiger partial charge on any atom is 0.243 e. The maximum absolute atomic E-state index is 13.3. The van der Waals surface area contributed by atoms with E-state index in [0.29, 0.717) is 18.7 Å². The minimum atomic E-state index is -0.493. The van der Waals surface area contributed by atoms with Gasteiger partial charge in [-0.25, -0.2) is 0 Å². The monoisotopic (exact) mass is 440 g/mol. The number of benzene rings is 2. The lowest BCUT2D eigenvalue weighted by molar-refractivity contribution is -0.140. The molecule has 2 rings (SSSR count). The van der Waals surface area contributed by atoms with Crippen LogP contribution in [0.4, 0.5) is 0 Å². The average molecular weight is 441 g/mol. The number of nitrogens with zero attached hydrogens (tertiary/aromatic N) is 1. The average Bonchev–Trinajstić information content (AvgIpc) is 2.69. The molecule has 0 aliphatic heterocycles. The van der Waals surface area contributed by atoms with Crippen LogP contribution in [0.5, 0.6) is 0 Å². The molecule has 31 heavy (non-hydrogen) atoms. The Balaban J connectivity index is 2.14. The minimum absolute atomic E-state index is 0.00593. The lowest BCUT2D eigenvalue weighted by Gasteiger charge is -2.33. The van der Waals surface area contributed by atoms with E-state index in [4.69, 9.17) is 0 Å². The molecule has 0 radical (unpaired) electrons. The molecule has 4 nitrogen and oxygen atoms in total. The van der Waals surface area contributed by atoms with E-state index in [2.05, 4.69) is 36.5 Å². The van der Waals surface area contributed by atoms with E-state index in [1.807, 2.05) is 58.9 Å². The predicted molar refractivity (Wildman–Crippen MR) is 131 cm³/mol. The molecule has 0 aliphatic rings. The number of thioether (sulfide) groups is 1. The van der Waals surface area contributed by atoms with E-state index in [-0.39, 0.29) is 17.4 Å². The number of carbonyl (C=O) groups excluding carboxylic acids is 2. The van der Waals surface area contributed by atoms with E-state index < -0.39 is 6.04 Å². The third-order valence-electron chi connectivity index (χ3n) is 4.97. The van der Waals surface area contributed by atoms with Gasteiger partial charge in [0.1, 0.15) is 6.04 Å². The standard InChI is InChI=1S/C26H36N2O2S/c1-7-23(25(30)27-26(4,5)6)28(16-21-12-8-19(2)9-13-21)24(29)18-31-17-22-14-10-20(3)11-15-22/h8-15,23H,7,16-18H2,1-6H3,(H,27,30)/t23-/m1/s1. The van der Waals surface area contributed by atoms with Gasteiger partial charge in [-0.15, -0.1) is 11.8 Å². The lowest BCUT2D eigenvalue weighted by Crippen LogP contribution is -2.53. The molecule has 0 bridgehead atoms. The van der Waals surface area contributed by atoms with Gasteiger partial charge in [-0.3, -0.25) is 9.59 Å². The zero-order valence-electron chi connectivity index (χ0n) is 19.7. The van der Waals surface area contributed by atoms with Crippen LogP contribution in [0.3, 0.4) is 0 Å². The fourth-order valence-electron chi connectivity index (χ4n) is 3.29. The summed E-state index contributed by atoms with van der Waals surface area (Å²) < 4.78 is 0. The maximum atomic E-state index is 13.3. The van der Waals surface area contributed by atoms with Gasteiger partial charge in [-0.2, -0.15) is 0 Å². The number of hydrogen-bond acceptors (Lipinski definition) is 3. The van der Waals surface area contributed by atoms with E-state index in [0.717, 1.165) is 11.3 Å². The fourth-order valence-corrected chi connectivity index (χ4v) is 4.16. The van der Waals surface area contributed by atoms with Gasteiger partial charge in [0.2, 0.25) is 11.8 Å². The first-order valence-corrected chi connectivity index (χ1v) is 12.0. The predicted octanol–water partition coefficient (Wildman–Crippen LogP) is 5.26. The molecule has 2 aromatic carbocycles. The second-order valence-corrected chi connectivity index (χ2v) is 10.1. The first-order valence-electron chi connectivity index (χ1n) is 10.9. The van der Waals surface area contributed by atoms with Gasteiger partial charge >= 0.3 is 0 Å². The second kappa shape index (κ2) is 11.4. The van der Waals surface area contributed by atoms with Crippen LogP contribution in [0.15, 0.2) is 48.5 Å². The van der Waals surface area contributed by atoms with Crippen LogP contribution < -0.4 is 5.32 Å². The quantitative estimate of drug-likeness (QED) is 0.579. The van der Waals surface area contributed by atoms with Crippen molar-refractivity contribution in [1.82, 2.24) is 10.2 Å². The van der Waals surface area contributed by atoms with Crippen LogP contribution in [0, 0.1) is 13.8 Å². The molecule has 0 fully saturated rings. The van der Waals surface area contributed by atoms with Crippen molar-refractivity contribution in [3.63, 3.8) is 0 Å². The van der Waals surface area contributed by atoms with Crippen LogP contribution in [-0.2, 0) is 21.9 Å². The third-order valence-corrected chi connectivity index (χ3v) is 5.96. The van der Waals surface area contributed by atoms with Crippen LogP contribution in [-0.4, -0.2) is 34.0 Å². The van der Waals surface area contributed by atoms with E-state index in [1.165, 1.54) is 16.7 Å². The Morgan fingerprint density at radius 3 is 1.94 bits per heavy atom. The third kappa shape index (κ3) is 8.41. The molecule has 0 unspecified atom stereocenters. The Bertz CT molecular complexity index is 854. The molecule has 5 heteroatoms. The molecular weight excluding hydrogens is 404 g/mol. The van der Waals surface area contributed by atoms with Crippen molar-refractivity contribution in [1.29, 1.82) is 0 Å². The summed E-state index contributed by atoms with van der Waals surface area (Å²) in [7, 11) is 0. The summed E-state index contributed by atoms with van der Waals surface area (Å²) in [5.74, 6) is 1.02. The van der Waals surface area contributed by atoms with E-state index >= 15 is 0 Å².